The highest BCUT2D eigenvalue weighted by molar-refractivity contribution is 5.67. The van der Waals surface area contributed by atoms with Crippen molar-refractivity contribution in [3.8, 4) is 45.3 Å². The maximum atomic E-state index is 12.9. The van der Waals surface area contributed by atoms with E-state index in [9.17, 15) is 17.6 Å². The van der Waals surface area contributed by atoms with E-state index < -0.39 is 11.6 Å². The van der Waals surface area contributed by atoms with Crippen LogP contribution in [0.4, 0.5) is 17.6 Å². The van der Waals surface area contributed by atoms with E-state index in [0.717, 1.165) is 51.1 Å². The van der Waals surface area contributed by atoms with Crippen LogP contribution in [0, 0.1) is 44.0 Å². The highest BCUT2D eigenvalue weighted by Crippen LogP contribution is 2.23. The van der Waals surface area contributed by atoms with E-state index in [4.69, 9.17) is 0 Å². The largest absolute Gasteiger partial charge is 0.236 e. The van der Waals surface area contributed by atoms with Crippen LogP contribution in [0.3, 0.4) is 0 Å². The Bertz CT molecular complexity index is 1980. The van der Waals surface area contributed by atoms with Crippen LogP contribution >= 0.6 is 0 Å². The van der Waals surface area contributed by atoms with Crippen molar-refractivity contribution in [3.05, 3.63) is 168 Å². The molecule has 3 heterocycles. The van der Waals surface area contributed by atoms with E-state index in [1.807, 2.05) is 45.0 Å². The SMILES string of the molecule is Cc1cnc(-c2ccc(-c3ccc(F)cc3)cc2)nc1.Cc1cnc(-c2ccc(F)c(F)c2)nc1.Cc1cnc(-c2ccc(F)cc2)nc1. The zero-order valence-corrected chi connectivity index (χ0v) is 26.8. The number of nitrogens with zero attached hydrogens (tertiary/aromatic N) is 6. The molecule has 0 fully saturated rings. The van der Waals surface area contributed by atoms with Crippen LogP contribution in [0.1, 0.15) is 16.7 Å². The summed E-state index contributed by atoms with van der Waals surface area (Å²) in [5.74, 6) is -0.516. The quantitative estimate of drug-likeness (QED) is 0.175. The van der Waals surface area contributed by atoms with E-state index >= 15 is 0 Å². The molecule has 0 aliphatic rings. The topological polar surface area (TPSA) is 77.3 Å². The molecule has 0 N–H and O–H groups in total. The van der Waals surface area contributed by atoms with Crippen molar-refractivity contribution in [1.82, 2.24) is 29.9 Å². The Hall–Kier alpha value is -6.16. The Balaban J connectivity index is 0.000000146. The molecule has 10 heteroatoms. The van der Waals surface area contributed by atoms with Crippen LogP contribution in [0.25, 0.3) is 45.3 Å². The molecule has 0 amide bonds. The van der Waals surface area contributed by atoms with Crippen LogP contribution in [-0.2, 0) is 0 Å². The summed E-state index contributed by atoms with van der Waals surface area (Å²) >= 11 is 0. The number of hydrogen-bond acceptors (Lipinski definition) is 6. The Kier molecular flexibility index (Phi) is 11.2. The summed E-state index contributed by atoms with van der Waals surface area (Å²) in [5, 5.41) is 0. The van der Waals surface area contributed by atoms with Gasteiger partial charge in [0.15, 0.2) is 29.1 Å². The summed E-state index contributed by atoms with van der Waals surface area (Å²) < 4.78 is 51.1. The second-order valence-corrected chi connectivity index (χ2v) is 11.0. The molecule has 0 aliphatic heterocycles. The number of aryl methyl sites for hydroxylation is 3. The minimum Gasteiger partial charge on any atom is -0.236 e. The highest BCUT2D eigenvalue weighted by atomic mass is 19.2. The molecular weight excluding hydrogens is 628 g/mol. The molecule has 0 unspecified atom stereocenters. The Morgan fingerprint density at radius 3 is 0.980 bits per heavy atom. The Morgan fingerprint density at radius 1 is 0.327 bits per heavy atom. The van der Waals surface area contributed by atoms with Crippen molar-refractivity contribution in [2.45, 2.75) is 20.8 Å². The molecule has 0 bridgehead atoms. The summed E-state index contributed by atoms with van der Waals surface area (Å²) in [5.41, 5.74) is 7.26. The number of benzene rings is 4. The van der Waals surface area contributed by atoms with Crippen LogP contribution < -0.4 is 0 Å². The molecule has 4 aromatic carbocycles. The van der Waals surface area contributed by atoms with Gasteiger partial charge in [-0.05, 0) is 103 Å². The third-order valence-electron chi connectivity index (χ3n) is 6.94. The lowest BCUT2D eigenvalue weighted by atomic mass is 10.0. The van der Waals surface area contributed by atoms with E-state index in [1.54, 1.807) is 61.4 Å². The normalized spacial score (nSPS) is 10.3. The first kappa shape index (κ1) is 34.2. The van der Waals surface area contributed by atoms with Crippen LogP contribution in [0.2, 0.25) is 0 Å². The molecule has 3 aromatic heterocycles. The minimum absolute atomic E-state index is 0.224. The zero-order valence-electron chi connectivity index (χ0n) is 26.8. The summed E-state index contributed by atoms with van der Waals surface area (Å²) in [6.07, 6.45) is 10.3. The van der Waals surface area contributed by atoms with Gasteiger partial charge in [-0.2, -0.15) is 0 Å². The fourth-order valence-electron chi connectivity index (χ4n) is 4.31. The molecule has 0 aliphatic carbocycles. The third-order valence-corrected chi connectivity index (χ3v) is 6.94. The molecule has 7 rings (SSSR count). The van der Waals surface area contributed by atoms with Gasteiger partial charge in [0.2, 0.25) is 0 Å². The lowest BCUT2D eigenvalue weighted by Gasteiger charge is -2.04. The van der Waals surface area contributed by atoms with E-state index in [-0.39, 0.29) is 11.6 Å². The Labute approximate surface area is 281 Å². The van der Waals surface area contributed by atoms with Gasteiger partial charge in [0.05, 0.1) is 0 Å². The first-order valence-electron chi connectivity index (χ1n) is 15.1. The summed E-state index contributed by atoms with van der Waals surface area (Å²) in [4.78, 5) is 24.9. The van der Waals surface area contributed by atoms with Gasteiger partial charge in [-0.3, -0.25) is 0 Å². The number of rotatable bonds is 4. The molecule has 0 saturated carbocycles. The second kappa shape index (κ2) is 16.1. The number of hydrogen-bond donors (Lipinski definition) is 0. The maximum absolute atomic E-state index is 12.9. The first-order chi connectivity index (χ1) is 23.6. The fourth-order valence-corrected chi connectivity index (χ4v) is 4.31. The molecule has 7 aromatic rings. The molecule has 0 spiro atoms. The lowest BCUT2D eigenvalue weighted by molar-refractivity contribution is 0.509. The lowest BCUT2D eigenvalue weighted by Crippen LogP contribution is -1.91. The van der Waals surface area contributed by atoms with Crippen LogP contribution in [0.15, 0.2) is 128 Å². The van der Waals surface area contributed by atoms with E-state index in [2.05, 4.69) is 29.9 Å². The number of aromatic nitrogens is 6. The van der Waals surface area contributed by atoms with Gasteiger partial charge < -0.3 is 0 Å². The molecule has 6 nitrogen and oxygen atoms in total. The molecule has 0 radical (unpaired) electrons. The molecule has 0 atom stereocenters. The summed E-state index contributed by atoms with van der Waals surface area (Å²) in [7, 11) is 0. The van der Waals surface area contributed by atoms with E-state index in [0.29, 0.717) is 23.0 Å². The van der Waals surface area contributed by atoms with E-state index in [1.165, 1.54) is 30.3 Å². The van der Waals surface area contributed by atoms with Crippen molar-refractivity contribution < 1.29 is 17.6 Å². The highest BCUT2D eigenvalue weighted by Gasteiger charge is 2.06. The predicted octanol–water partition coefficient (Wildman–Crippen LogP) is 9.58. The molecular formula is C39H30F4N6. The maximum Gasteiger partial charge on any atom is 0.159 e. The van der Waals surface area contributed by atoms with Crippen molar-refractivity contribution in [1.29, 1.82) is 0 Å². The van der Waals surface area contributed by atoms with Crippen molar-refractivity contribution in [3.63, 3.8) is 0 Å². The van der Waals surface area contributed by atoms with Crippen molar-refractivity contribution in [2.24, 2.45) is 0 Å². The predicted molar refractivity (Wildman–Crippen MR) is 182 cm³/mol. The standard InChI is InChI=1S/C17H13FN2.C11H8F2N2.C11H9FN2/c1-12-10-19-17(20-11-12)15-4-2-13(3-5-15)14-6-8-16(18)9-7-14;1-7-5-14-11(15-6-7)8-2-3-9(12)10(13)4-8;1-8-6-13-11(14-7-8)9-2-4-10(12)5-3-9/h2-11H,1H3;2-6H,1H3;2-7H,1H3. The molecule has 244 valence electrons. The smallest absolute Gasteiger partial charge is 0.159 e. The average Bonchev–Trinajstić information content (AvgIpc) is 3.12. The van der Waals surface area contributed by atoms with Crippen LogP contribution in [0.5, 0.6) is 0 Å². The second-order valence-electron chi connectivity index (χ2n) is 11.0. The minimum atomic E-state index is -0.892. The van der Waals surface area contributed by atoms with Crippen LogP contribution in [-0.4, -0.2) is 29.9 Å². The van der Waals surface area contributed by atoms with Gasteiger partial charge in [0.1, 0.15) is 11.6 Å². The first-order valence-corrected chi connectivity index (χ1v) is 15.1. The molecule has 0 saturated heterocycles. The van der Waals surface area contributed by atoms with Gasteiger partial charge in [-0.25, -0.2) is 47.5 Å². The zero-order chi connectivity index (χ0) is 34.8. The average molecular weight is 659 g/mol. The monoisotopic (exact) mass is 658 g/mol. The summed E-state index contributed by atoms with van der Waals surface area (Å²) in [6, 6.07) is 24.1. The van der Waals surface area contributed by atoms with Gasteiger partial charge in [0.25, 0.3) is 0 Å². The summed E-state index contributed by atoms with van der Waals surface area (Å²) in [6.45, 7) is 5.74. The third kappa shape index (κ3) is 9.68. The van der Waals surface area contributed by atoms with Crippen molar-refractivity contribution in [2.75, 3.05) is 0 Å². The van der Waals surface area contributed by atoms with Gasteiger partial charge in [0, 0.05) is 53.9 Å². The van der Waals surface area contributed by atoms with Crippen molar-refractivity contribution >= 4 is 0 Å². The van der Waals surface area contributed by atoms with Gasteiger partial charge in [-0.1, -0.05) is 36.4 Å². The molecule has 49 heavy (non-hydrogen) atoms. The number of halogens is 4. The fraction of sp³-hybridized carbons (Fsp3) is 0.0769. The van der Waals surface area contributed by atoms with Gasteiger partial charge in [-0.15, -0.1) is 0 Å². The Morgan fingerprint density at radius 2 is 0.612 bits per heavy atom. The van der Waals surface area contributed by atoms with Gasteiger partial charge >= 0.3 is 0 Å².